The molecule has 4 bridgehead atoms. The number of para-hydroxylation sites is 2. The largest absolute Gasteiger partial charge is 2.00 e. The van der Waals surface area contributed by atoms with E-state index in [9.17, 15) is 10.2 Å². The van der Waals surface area contributed by atoms with Gasteiger partial charge in [0.25, 0.3) is 0 Å². The molecule has 0 amide bonds. The van der Waals surface area contributed by atoms with E-state index in [-0.39, 0.29) is 74.6 Å². The summed E-state index contributed by atoms with van der Waals surface area (Å²) in [5, 5.41) is 42.8. The molecule has 384 valence electrons. The van der Waals surface area contributed by atoms with Crippen molar-refractivity contribution in [2.24, 2.45) is 20.0 Å². The molecule has 0 unspecified atom stereocenters. The summed E-state index contributed by atoms with van der Waals surface area (Å²) in [4.78, 5) is 26.0. The van der Waals surface area contributed by atoms with Gasteiger partial charge in [-0.05, 0) is 111 Å². The summed E-state index contributed by atoms with van der Waals surface area (Å²) in [6, 6.07) is 27.9. The minimum absolute atomic E-state index is 0. The van der Waals surface area contributed by atoms with Crippen molar-refractivity contribution in [3.63, 3.8) is 0 Å². The van der Waals surface area contributed by atoms with Crippen LogP contribution in [0.25, 0.3) is 21.8 Å². The maximum absolute atomic E-state index is 12.6. The Bertz CT molecular complexity index is 2270. The van der Waals surface area contributed by atoms with Crippen LogP contribution in [-0.2, 0) is 49.9 Å². The fraction of sp³-hybridized carbons (Fsp3) is 0.292. The SMILES string of the molecule is CCO.CCO.Cc1cc2c([O-])c(c1)C=NCCCN=Cc1cc(C)cc(c1[O-])C=NCCCN=C2.Cc1cccc2cccnc12.Cc1cccc2cccnc12.[O-][Cl+3]([O-])([O-])[O-].[O-][Cl+3]([O-])([O-])[O-].[OH3+].[OH3+].[Zn+2].[Zn+2]. The van der Waals surface area contributed by atoms with E-state index in [1.54, 1.807) is 38.7 Å². The molecule has 3 heterocycles. The number of pyridine rings is 2. The van der Waals surface area contributed by atoms with Gasteiger partial charge in [-0.25, -0.2) is 37.3 Å². The van der Waals surface area contributed by atoms with Crippen LogP contribution in [0, 0.1) is 48.2 Å². The third-order valence-electron chi connectivity index (χ3n) is 8.32. The van der Waals surface area contributed by atoms with E-state index < -0.39 is 20.5 Å². The summed E-state index contributed by atoms with van der Waals surface area (Å²) < 4.78 is 67.9. The second kappa shape index (κ2) is 40.8. The zero-order valence-electron chi connectivity index (χ0n) is 41.2. The zero-order chi connectivity index (χ0) is 51.1. The van der Waals surface area contributed by atoms with Crippen molar-refractivity contribution in [3.8, 4) is 11.5 Å². The third-order valence-corrected chi connectivity index (χ3v) is 8.32. The molecule has 7 rings (SSSR count). The number of rotatable bonds is 0. The van der Waals surface area contributed by atoms with Crippen LogP contribution in [0.2, 0.25) is 0 Å². The van der Waals surface area contributed by atoms with Gasteiger partial charge in [0, 0.05) is 87.4 Å². The van der Waals surface area contributed by atoms with Crippen molar-refractivity contribution in [2.45, 2.75) is 54.4 Å². The molecule has 72 heavy (non-hydrogen) atoms. The van der Waals surface area contributed by atoms with Crippen LogP contribution in [-0.4, -0.2) is 84.4 Å². The summed E-state index contributed by atoms with van der Waals surface area (Å²) in [5.74, 6) is -0.120. The van der Waals surface area contributed by atoms with Crippen LogP contribution in [0.3, 0.4) is 0 Å². The van der Waals surface area contributed by atoms with Gasteiger partial charge < -0.3 is 31.4 Å². The molecule has 0 atom stereocenters. The monoisotopic (exact) mass is 1140 g/mol. The van der Waals surface area contributed by atoms with Gasteiger partial charge in [0.2, 0.25) is 0 Å². The summed E-state index contributed by atoms with van der Waals surface area (Å²) in [6.45, 7) is 14.2. The Labute approximate surface area is 449 Å². The summed E-state index contributed by atoms with van der Waals surface area (Å²) in [6.07, 6.45) is 11.6. The zero-order valence-corrected chi connectivity index (χ0v) is 48.6. The first-order valence-electron chi connectivity index (χ1n) is 20.8. The number of fused-ring (bicyclic) bond motifs is 6. The number of benzene rings is 4. The molecule has 0 radical (unpaired) electrons. The molecule has 8 N–H and O–H groups in total. The minimum atomic E-state index is -4.94. The van der Waals surface area contributed by atoms with Gasteiger partial charge >= 0.3 is 39.0 Å². The van der Waals surface area contributed by atoms with Gasteiger partial charge in [-0.3, -0.25) is 29.9 Å². The van der Waals surface area contributed by atoms with Crippen molar-refractivity contribution in [1.29, 1.82) is 0 Å². The first-order chi connectivity index (χ1) is 32.1. The number of aromatic nitrogens is 2. The Morgan fingerprint density at radius 1 is 0.458 bits per heavy atom. The molecule has 1 aliphatic heterocycles. The molecule has 6 aromatic rings. The Balaban J connectivity index is -0.000000453. The van der Waals surface area contributed by atoms with Crippen LogP contribution in [0.15, 0.2) is 117 Å². The molecular formula is C48H62Cl2N6O14Zn2+2. The smallest absolute Gasteiger partial charge is 0.872 e. The summed E-state index contributed by atoms with van der Waals surface area (Å²) >= 11 is 0. The molecule has 0 fully saturated rings. The number of aryl methyl sites for hydroxylation is 4. The molecule has 0 saturated carbocycles. The maximum Gasteiger partial charge on any atom is 2.00 e. The van der Waals surface area contributed by atoms with E-state index >= 15 is 0 Å². The Morgan fingerprint density at radius 2 is 0.694 bits per heavy atom. The number of hydrogen-bond donors (Lipinski definition) is 2. The molecule has 0 saturated heterocycles. The van der Waals surface area contributed by atoms with Crippen LogP contribution >= 0.6 is 0 Å². The summed E-state index contributed by atoms with van der Waals surface area (Å²) in [5.41, 5.74) is 8.97. The van der Waals surface area contributed by atoms with E-state index in [4.69, 9.17) is 47.5 Å². The number of aliphatic imine (C=N–C) groups is 4. The Hall–Kier alpha value is -4.67. The predicted octanol–water partition coefficient (Wildman–Crippen LogP) is -3.66. The van der Waals surface area contributed by atoms with E-state index in [0.717, 1.165) is 35.0 Å². The average molecular weight is 1150 g/mol. The minimum Gasteiger partial charge on any atom is -0.872 e. The molecule has 4 aromatic carbocycles. The van der Waals surface area contributed by atoms with E-state index in [1.165, 1.54) is 21.9 Å². The van der Waals surface area contributed by atoms with Crippen molar-refractivity contribution in [3.05, 3.63) is 142 Å². The Morgan fingerprint density at radius 3 is 0.931 bits per heavy atom. The van der Waals surface area contributed by atoms with Gasteiger partial charge in [-0.15, -0.1) is 20.5 Å². The van der Waals surface area contributed by atoms with Gasteiger partial charge in [0.15, 0.2) is 0 Å². The van der Waals surface area contributed by atoms with Gasteiger partial charge in [-0.1, -0.05) is 84.3 Å². The first-order valence-corrected chi connectivity index (χ1v) is 23.3. The van der Waals surface area contributed by atoms with Gasteiger partial charge in [0.1, 0.15) is 0 Å². The molecule has 20 nitrogen and oxygen atoms in total. The van der Waals surface area contributed by atoms with Crippen molar-refractivity contribution in [2.75, 3.05) is 39.4 Å². The van der Waals surface area contributed by atoms with E-state index in [2.05, 4.69) is 92.3 Å². The van der Waals surface area contributed by atoms with Crippen molar-refractivity contribution in [1.82, 2.24) is 9.97 Å². The number of aliphatic hydroxyl groups is 2. The summed E-state index contributed by atoms with van der Waals surface area (Å²) in [7, 11) is -9.89. The molecule has 0 spiro atoms. The molecule has 0 aliphatic carbocycles. The number of nitrogens with zero attached hydrogens (tertiary/aromatic N) is 6. The van der Waals surface area contributed by atoms with Gasteiger partial charge in [0.05, 0.1) is 11.0 Å². The quantitative estimate of drug-likeness (QED) is 0.109. The second-order valence-electron chi connectivity index (χ2n) is 14.1. The molecule has 2 aromatic heterocycles. The van der Waals surface area contributed by atoms with E-state index in [1.807, 2.05) is 62.6 Å². The molecule has 1 aliphatic rings. The normalized spacial score (nSPS) is 11.7. The Kier molecular flexibility index (Phi) is 41.8. The third kappa shape index (κ3) is 33.9. The van der Waals surface area contributed by atoms with Crippen LogP contribution in [0.4, 0.5) is 0 Å². The fourth-order valence-electron chi connectivity index (χ4n) is 5.72. The van der Waals surface area contributed by atoms with Crippen LogP contribution in [0.5, 0.6) is 11.5 Å². The number of aliphatic hydroxyl groups excluding tert-OH is 2. The first kappa shape index (κ1) is 73.9. The second-order valence-corrected chi connectivity index (χ2v) is 15.6. The van der Waals surface area contributed by atoms with Crippen molar-refractivity contribution >= 4 is 46.7 Å². The van der Waals surface area contributed by atoms with Gasteiger partial charge in [-0.2, -0.15) is 0 Å². The van der Waals surface area contributed by atoms with Crippen LogP contribution < -0.4 is 47.5 Å². The maximum atomic E-state index is 12.6. The average Bonchev–Trinajstić information content (AvgIpc) is 3.25. The van der Waals surface area contributed by atoms with E-state index in [0.29, 0.717) is 48.4 Å². The number of halogens is 2. The van der Waals surface area contributed by atoms with Crippen LogP contribution in [0.1, 0.15) is 71.2 Å². The molecular weight excluding hydrogens is 1090 g/mol. The standard InChI is InChI=1S/C24H28N4O2.2C10H9N.2C2H6O.2ClHO4.2H2O.2Zn/c1-17-9-19-13-25-5-3-7-27-15-21-11-18(2)12-22(24(21)30)16-28-8-4-6-26-14-20(10-17)23(19)29;2*1-8-4-2-5-9-6-3-7-11-10(8)9;2*1-2-3;2*2-1(3,4)5;;;;/h9-16,29-30H,3-8H2,1-2H3;2*2-7H,1H3;2*3H,2H2,1H3;2*(H,2,3,4,5);2*1H2;;/q;;;;;;;;;2*+2/p-2. The predicted molar refractivity (Wildman–Crippen MR) is 249 cm³/mol. The topological polar surface area (TPSA) is 412 Å². The molecule has 24 heteroatoms. The fourth-order valence-corrected chi connectivity index (χ4v) is 5.72. The van der Waals surface area contributed by atoms with Crippen molar-refractivity contribution < 1.29 is 128 Å². The number of hydrogen-bond acceptors (Lipinski definition) is 18.